The molecule has 3 rings (SSSR count). The van der Waals surface area contributed by atoms with Gasteiger partial charge in [0, 0.05) is 12.1 Å². The molecule has 0 aliphatic carbocycles. The molecule has 0 fully saturated rings. The number of nitrogens with one attached hydrogen (secondary N) is 1. The number of hydrogen-bond acceptors (Lipinski definition) is 3. The molecule has 166 valence electrons. The van der Waals surface area contributed by atoms with Gasteiger partial charge < -0.3 is 15.8 Å². The van der Waals surface area contributed by atoms with Crippen LogP contribution >= 0.6 is 0 Å². The zero-order chi connectivity index (χ0) is 23.3. The highest BCUT2D eigenvalue weighted by atomic mass is 19.4. The number of amides is 2. The van der Waals surface area contributed by atoms with Crippen molar-refractivity contribution >= 4 is 11.8 Å². The summed E-state index contributed by atoms with van der Waals surface area (Å²) in [5, 5.41) is 2.41. The molecule has 3 aromatic rings. The molecule has 0 saturated heterocycles. The van der Waals surface area contributed by atoms with E-state index in [0.29, 0.717) is 11.6 Å². The third-order valence-corrected chi connectivity index (χ3v) is 4.55. The molecule has 2 amide bonds. The molecule has 0 heterocycles. The Balaban J connectivity index is 1.68. The maximum atomic E-state index is 13.2. The summed E-state index contributed by atoms with van der Waals surface area (Å²) < 4.78 is 58.2. The Hall–Kier alpha value is -3.88. The standard InChI is InChI=1S/C23H18F4N2O3/c24-17-9-8-16(19(11-17)23(25,26)27)12-29-22(31)15-5-3-4-14(10-15)13-32-20-7-2-1-6-18(20)21(28)30/h1-11H,12-13H2,(H2,28,30)(H,29,31). The Labute approximate surface area is 180 Å². The van der Waals surface area contributed by atoms with Crippen LogP contribution in [0.3, 0.4) is 0 Å². The van der Waals surface area contributed by atoms with Crippen molar-refractivity contribution in [2.24, 2.45) is 5.73 Å². The van der Waals surface area contributed by atoms with Crippen molar-refractivity contribution < 1.29 is 31.9 Å². The Morgan fingerprint density at radius 1 is 0.969 bits per heavy atom. The molecule has 5 nitrogen and oxygen atoms in total. The van der Waals surface area contributed by atoms with Crippen LogP contribution in [0.25, 0.3) is 0 Å². The fraction of sp³-hybridized carbons (Fsp3) is 0.130. The molecule has 0 aromatic heterocycles. The number of halogens is 4. The summed E-state index contributed by atoms with van der Waals surface area (Å²) in [5.74, 6) is -1.99. The van der Waals surface area contributed by atoms with E-state index in [-0.39, 0.29) is 29.0 Å². The molecule has 0 atom stereocenters. The zero-order valence-electron chi connectivity index (χ0n) is 16.6. The minimum Gasteiger partial charge on any atom is -0.488 e. The SMILES string of the molecule is NC(=O)c1ccccc1OCc1cccc(C(=O)NCc2ccc(F)cc2C(F)(F)F)c1. The summed E-state index contributed by atoms with van der Waals surface area (Å²) in [4.78, 5) is 23.9. The number of hydrogen-bond donors (Lipinski definition) is 2. The van der Waals surface area contributed by atoms with Crippen molar-refractivity contribution in [3.05, 3.63) is 100 Å². The lowest BCUT2D eigenvalue weighted by atomic mass is 10.1. The van der Waals surface area contributed by atoms with Gasteiger partial charge in [0.2, 0.25) is 0 Å². The average molecular weight is 446 g/mol. The van der Waals surface area contributed by atoms with Crippen LogP contribution in [-0.4, -0.2) is 11.8 Å². The number of primary amides is 1. The van der Waals surface area contributed by atoms with Gasteiger partial charge in [0.25, 0.3) is 11.8 Å². The molecule has 0 unspecified atom stereocenters. The molecule has 3 aromatic carbocycles. The predicted octanol–water partition coefficient (Wildman–Crippen LogP) is 4.45. The lowest BCUT2D eigenvalue weighted by molar-refractivity contribution is -0.138. The maximum Gasteiger partial charge on any atom is 0.416 e. The summed E-state index contributed by atoms with van der Waals surface area (Å²) in [6, 6.07) is 15.0. The van der Waals surface area contributed by atoms with Crippen molar-refractivity contribution in [3.8, 4) is 5.75 Å². The van der Waals surface area contributed by atoms with Crippen LogP contribution in [0.5, 0.6) is 5.75 Å². The fourth-order valence-corrected chi connectivity index (χ4v) is 3.00. The van der Waals surface area contributed by atoms with E-state index in [2.05, 4.69) is 5.32 Å². The van der Waals surface area contributed by atoms with Crippen molar-refractivity contribution in [3.63, 3.8) is 0 Å². The normalized spacial score (nSPS) is 11.1. The molecule has 32 heavy (non-hydrogen) atoms. The van der Waals surface area contributed by atoms with Gasteiger partial charge in [0.1, 0.15) is 18.2 Å². The predicted molar refractivity (Wildman–Crippen MR) is 108 cm³/mol. The van der Waals surface area contributed by atoms with E-state index in [0.717, 1.165) is 12.1 Å². The van der Waals surface area contributed by atoms with E-state index in [1.807, 2.05) is 0 Å². The molecule has 0 saturated carbocycles. The van der Waals surface area contributed by atoms with Crippen molar-refractivity contribution in [1.29, 1.82) is 0 Å². The first kappa shape index (κ1) is 22.8. The minimum absolute atomic E-state index is 0.0294. The van der Waals surface area contributed by atoms with E-state index in [4.69, 9.17) is 10.5 Å². The Bertz CT molecular complexity index is 1150. The number of alkyl halides is 3. The van der Waals surface area contributed by atoms with Crippen molar-refractivity contribution in [2.45, 2.75) is 19.3 Å². The molecule has 9 heteroatoms. The summed E-state index contributed by atoms with van der Waals surface area (Å²) >= 11 is 0. The van der Waals surface area contributed by atoms with Crippen molar-refractivity contribution in [1.82, 2.24) is 5.32 Å². The quantitative estimate of drug-likeness (QED) is 0.526. The van der Waals surface area contributed by atoms with E-state index in [1.54, 1.807) is 30.3 Å². The number of nitrogens with two attached hydrogens (primary N) is 1. The zero-order valence-corrected chi connectivity index (χ0v) is 16.6. The number of carbonyl (C=O) groups is 2. The van der Waals surface area contributed by atoms with Gasteiger partial charge in [-0.05, 0) is 47.5 Å². The molecule has 0 bridgehead atoms. The van der Waals surface area contributed by atoms with E-state index < -0.39 is 35.9 Å². The summed E-state index contributed by atoms with van der Waals surface area (Å²) in [5.41, 5.74) is 4.91. The van der Waals surface area contributed by atoms with Crippen LogP contribution in [0.4, 0.5) is 17.6 Å². The first-order chi connectivity index (χ1) is 15.1. The van der Waals surface area contributed by atoms with E-state index >= 15 is 0 Å². The lowest BCUT2D eigenvalue weighted by Crippen LogP contribution is -2.24. The first-order valence-electron chi connectivity index (χ1n) is 9.39. The van der Waals surface area contributed by atoms with Crippen LogP contribution in [0, 0.1) is 5.82 Å². The van der Waals surface area contributed by atoms with Crippen LogP contribution in [0.2, 0.25) is 0 Å². The maximum absolute atomic E-state index is 13.2. The summed E-state index contributed by atoms with van der Waals surface area (Å²) in [7, 11) is 0. The minimum atomic E-state index is -4.75. The lowest BCUT2D eigenvalue weighted by Gasteiger charge is -2.14. The molecular weight excluding hydrogens is 428 g/mol. The van der Waals surface area contributed by atoms with Crippen molar-refractivity contribution in [2.75, 3.05) is 0 Å². The third-order valence-electron chi connectivity index (χ3n) is 4.55. The molecule has 3 N–H and O–H groups in total. The van der Waals surface area contributed by atoms with E-state index in [9.17, 15) is 27.2 Å². The second kappa shape index (κ2) is 9.51. The number of ether oxygens (including phenoxy) is 1. The summed E-state index contributed by atoms with van der Waals surface area (Å²) in [6.07, 6.45) is -4.75. The Morgan fingerprint density at radius 2 is 1.72 bits per heavy atom. The highest BCUT2D eigenvalue weighted by molar-refractivity contribution is 5.95. The Kier molecular flexibility index (Phi) is 6.77. The third kappa shape index (κ3) is 5.63. The van der Waals surface area contributed by atoms with Gasteiger partial charge in [0.15, 0.2) is 0 Å². The second-order valence-electron chi connectivity index (χ2n) is 6.83. The van der Waals surface area contributed by atoms with Crippen LogP contribution in [-0.2, 0) is 19.3 Å². The van der Waals surface area contributed by atoms with Gasteiger partial charge in [-0.3, -0.25) is 9.59 Å². The number of carbonyl (C=O) groups excluding carboxylic acids is 2. The topological polar surface area (TPSA) is 81.4 Å². The van der Waals surface area contributed by atoms with Gasteiger partial charge in [-0.2, -0.15) is 13.2 Å². The van der Waals surface area contributed by atoms with E-state index in [1.165, 1.54) is 18.2 Å². The number of benzene rings is 3. The van der Waals surface area contributed by atoms with Crippen LogP contribution in [0.1, 0.15) is 37.4 Å². The smallest absolute Gasteiger partial charge is 0.416 e. The highest BCUT2D eigenvalue weighted by Crippen LogP contribution is 2.32. The fourth-order valence-electron chi connectivity index (χ4n) is 3.00. The molecule has 0 aliphatic rings. The average Bonchev–Trinajstić information content (AvgIpc) is 2.76. The van der Waals surface area contributed by atoms with Gasteiger partial charge in [0.05, 0.1) is 11.1 Å². The first-order valence-corrected chi connectivity index (χ1v) is 9.39. The van der Waals surface area contributed by atoms with Gasteiger partial charge in [-0.25, -0.2) is 4.39 Å². The van der Waals surface area contributed by atoms with Gasteiger partial charge >= 0.3 is 6.18 Å². The van der Waals surface area contributed by atoms with Gasteiger partial charge in [-0.1, -0.05) is 30.3 Å². The monoisotopic (exact) mass is 446 g/mol. The number of para-hydroxylation sites is 1. The van der Waals surface area contributed by atoms with Gasteiger partial charge in [-0.15, -0.1) is 0 Å². The number of rotatable bonds is 7. The highest BCUT2D eigenvalue weighted by Gasteiger charge is 2.33. The Morgan fingerprint density at radius 3 is 2.44 bits per heavy atom. The second-order valence-corrected chi connectivity index (χ2v) is 6.83. The van der Waals surface area contributed by atoms with Crippen LogP contribution < -0.4 is 15.8 Å². The van der Waals surface area contributed by atoms with Crippen LogP contribution in [0.15, 0.2) is 66.7 Å². The molecular formula is C23H18F4N2O3. The molecule has 0 spiro atoms. The largest absolute Gasteiger partial charge is 0.488 e. The molecule has 0 aliphatic heterocycles. The molecule has 0 radical (unpaired) electrons. The summed E-state index contributed by atoms with van der Waals surface area (Å²) in [6.45, 7) is -0.401.